The molecule has 2 aliphatic rings. The highest BCUT2D eigenvalue weighted by atomic mass is 16.3. The van der Waals surface area contributed by atoms with Gasteiger partial charge in [0.25, 0.3) is 0 Å². The van der Waals surface area contributed by atoms with E-state index in [9.17, 15) is 9.90 Å². The fourth-order valence-electron chi connectivity index (χ4n) is 3.82. The van der Waals surface area contributed by atoms with Crippen LogP contribution in [0, 0.1) is 17.3 Å². The Hall–Kier alpha value is -0.610. The number of carbonyl (C=O) groups is 1. The van der Waals surface area contributed by atoms with E-state index in [0.717, 1.165) is 25.4 Å². The number of hydrogen-bond acceptors (Lipinski definition) is 3. The lowest BCUT2D eigenvalue weighted by Gasteiger charge is -2.42. The molecule has 1 amide bonds. The highest BCUT2D eigenvalue weighted by Crippen LogP contribution is 2.27. The topological polar surface area (TPSA) is 52.6 Å². The normalized spacial score (nSPS) is 28.9. The summed E-state index contributed by atoms with van der Waals surface area (Å²) in [6, 6.07) is 0.320. The molecule has 1 aliphatic carbocycles. The Morgan fingerprint density at radius 3 is 2.45 bits per heavy atom. The zero-order valence-electron chi connectivity index (χ0n) is 14.8. The first-order valence-corrected chi connectivity index (χ1v) is 8.98. The standard InChI is InChI=1S/C18H34N2O2/c1-13(21)15-9-16(19-10-14-7-5-6-8-14)12-20(11-15)17(22)18(2,3)4/h13-16,19,21H,5-12H2,1-4H3. The number of likely N-dealkylation sites (tertiary alicyclic amines) is 1. The number of aliphatic hydroxyl groups excluding tert-OH is 1. The van der Waals surface area contributed by atoms with Crippen molar-refractivity contribution in [2.45, 2.75) is 71.9 Å². The molecule has 0 radical (unpaired) electrons. The quantitative estimate of drug-likeness (QED) is 0.838. The molecule has 1 heterocycles. The van der Waals surface area contributed by atoms with Crippen molar-refractivity contribution >= 4 is 5.91 Å². The van der Waals surface area contributed by atoms with E-state index in [4.69, 9.17) is 0 Å². The van der Waals surface area contributed by atoms with E-state index in [1.54, 1.807) is 0 Å². The summed E-state index contributed by atoms with van der Waals surface area (Å²) in [6.45, 7) is 10.3. The molecule has 2 rings (SSSR count). The number of piperidine rings is 1. The predicted molar refractivity (Wildman–Crippen MR) is 89.6 cm³/mol. The third kappa shape index (κ3) is 4.69. The van der Waals surface area contributed by atoms with Crippen LogP contribution in [-0.2, 0) is 4.79 Å². The average molecular weight is 310 g/mol. The lowest BCUT2D eigenvalue weighted by molar-refractivity contribution is -0.142. The van der Waals surface area contributed by atoms with Crippen molar-refractivity contribution < 1.29 is 9.90 Å². The van der Waals surface area contributed by atoms with E-state index < -0.39 is 0 Å². The Morgan fingerprint density at radius 1 is 1.27 bits per heavy atom. The van der Waals surface area contributed by atoms with E-state index in [1.165, 1.54) is 25.7 Å². The molecule has 0 aromatic rings. The SMILES string of the molecule is CC(O)C1CC(NCC2CCCC2)CN(C(=O)C(C)(C)C)C1. The molecule has 0 spiro atoms. The van der Waals surface area contributed by atoms with E-state index in [-0.39, 0.29) is 23.3 Å². The maximum absolute atomic E-state index is 12.6. The van der Waals surface area contributed by atoms with Crippen molar-refractivity contribution in [2.75, 3.05) is 19.6 Å². The number of carbonyl (C=O) groups excluding carboxylic acids is 1. The fraction of sp³-hybridized carbons (Fsp3) is 0.944. The molecule has 2 fully saturated rings. The fourth-order valence-corrected chi connectivity index (χ4v) is 3.82. The third-order valence-electron chi connectivity index (χ3n) is 5.26. The molecule has 3 atom stereocenters. The maximum atomic E-state index is 12.6. The van der Waals surface area contributed by atoms with Crippen LogP contribution >= 0.6 is 0 Å². The van der Waals surface area contributed by atoms with Gasteiger partial charge in [-0.05, 0) is 38.6 Å². The van der Waals surface area contributed by atoms with E-state index >= 15 is 0 Å². The summed E-state index contributed by atoms with van der Waals surface area (Å²) in [7, 11) is 0. The Morgan fingerprint density at radius 2 is 1.91 bits per heavy atom. The van der Waals surface area contributed by atoms with Gasteiger partial charge in [0.05, 0.1) is 6.10 Å². The number of nitrogens with one attached hydrogen (secondary N) is 1. The number of hydrogen-bond donors (Lipinski definition) is 2. The lowest BCUT2D eigenvalue weighted by Crippen LogP contribution is -2.55. The second kappa shape index (κ2) is 7.31. The van der Waals surface area contributed by atoms with Gasteiger partial charge in [0.2, 0.25) is 5.91 Å². The first-order valence-electron chi connectivity index (χ1n) is 8.98. The van der Waals surface area contributed by atoms with Crippen molar-refractivity contribution in [1.29, 1.82) is 0 Å². The molecular weight excluding hydrogens is 276 g/mol. The molecule has 4 heteroatoms. The molecule has 0 bridgehead atoms. The highest BCUT2D eigenvalue weighted by Gasteiger charge is 2.36. The first-order chi connectivity index (χ1) is 10.3. The molecule has 128 valence electrons. The maximum Gasteiger partial charge on any atom is 0.228 e. The molecule has 1 saturated carbocycles. The number of amides is 1. The van der Waals surface area contributed by atoms with Crippen LogP contribution in [0.25, 0.3) is 0 Å². The molecule has 2 N–H and O–H groups in total. The second-order valence-electron chi connectivity index (χ2n) is 8.45. The van der Waals surface area contributed by atoms with E-state index in [1.807, 2.05) is 32.6 Å². The van der Waals surface area contributed by atoms with Gasteiger partial charge in [-0.1, -0.05) is 33.6 Å². The molecule has 1 saturated heterocycles. The van der Waals surface area contributed by atoms with Gasteiger partial charge < -0.3 is 15.3 Å². The zero-order chi connectivity index (χ0) is 16.3. The first kappa shape index (κ1) is 17.7. The third-order valence-corrected chi connectivity index (χ3v) is 5.26. The average Bonchev–Trinajstić information content (AvgIpc) is 2.96. The van der Waals surface area contributed by atoms with Crippen LogP contribution in [0.5, 0.6) is 0 Å². The van der Waals surface area contributed by atoms with Crippen LogP contribution in [0.4, 0.5) is 0 Å². The zero-order valence-corrected chi connectivity index (χ0v) is 14.8. The monoisotopic (exact) mass is 310 g/mol. The van der Waals surface area contributed by atoms with Crippen LogP contribution in [-0.4, -0.2) is 47.7 Å². The van der Waals surface area contributed by atoms with E-state index in [0.29, 0.717) is 12.6 Å². The van der Waals surface area contributed by atoms with Crippen LogP contribution in [0.2, 0.25) is 0 Å². The number of nitrogens with zero attached hydrogens (tertiary/aromatic N) is 1. The lowest BCUT2D eigenvalue weighted by atomic mass is 9.87. The van der Waals surface area contributed by atoms with Crippen LogP contribution in [0.1, 0.15) is 59.8 Å². The Kier molecular flexibility index (Phi) is 5.89. The predicted octanol–water partition coefficient (Wildman–Crippen LogP) is 2.41. The Balaban J connectivity index is 1.95. The van der Waals surface area contributed by atoms with Gasteiger partial charge in [0.1, 0.15) is 0 Å². The van der Waals surface area contributed by atoms with Crippen molar-refractivity contribution in [3.05, 3.63) is 0 Å². The summed E-state index contributed by atoms with van der Waals surface area (Å²) < 4.78 is 0. The van der Waals surface area contributed by atoms with Gasteiger partial charge >= 0.3 is 0 Å². The van der Waals surface area contributed by atoms with Crippen molar-refractivity contribution in [3.63, 3.8) is 0 Å². The van der Waals surface area contributed by atoms with Gasteiger partial charge in [-0.15, -0.1) is 0 Å². The van der Waals surface area contributed by atoms with Gasteiger partial charge in [-0.25, -0.2) is 0 Å². The van der Waals surface area contributed by atoms with Gasteiger partial charge in [0.15, 0.2) is 0 Å². The minimum Gasteiger partial charge on any atom is -0.393 e. The summed E-state index contributed by atoms with van der Waals surface area (Å²) >= 11 is 0. The second-order valence-corrected chi connectivity index (χ2v) is 8.45. The summed E-state index contributed by atoms with van der Waals surface area (Å²) in [5.41, 5.74) is -0.351. The largest absolute Gasteiger partial charge is 0.393 e. The van der Waals surface area contributed by atoms with Crippen LogP contribution in [0.15, 0.2) is 0 Å². The van der Waals surface area contributed by atoms with E-state index in [2.05, 4.69) is 5.32 Å². The molecule has 4 nitrogen and oxygen atoms in total. The smallest absolute Gasteiger partial charge is 0.228 e. The molecule has 0 aromatic carbocycles. The number of aliphatic hydroxyl groups is 1. The molecular formula is C18H34N2O2. The van der Waals surface area contributed by atoms with Crippen molar-refractivity contribution in [3.8, 4) is 0 Å². The van der Waals surface area contributed by atoms with Crippen molar-refractivity contribution in [1.82, 2.24) is 10.2 Å². The molecule has 1 aliphatic heterocycles. The van der Waals surface area contributed by atoms with Crippen LogP contribution < -0.4 is 5.32 Å². The minimum absolute atomic E-state index is 0.182. The summed E-state index contributed by atoms with van der Waals surface area (Å²) in [6.07, 6.45) is 6.02. The number of rotatable bonds is 4. The van der Waals surface area contributed by atoms with Gasteiger partial charge in [-0.2, -0.15) is 0 Å². The minimum atomic E-state index is -0.355. The highest BCUT2D eigenvalue weighted by molar-refractivity contribution is 5.81. The van der Waals surface area contributed by atoms with Crippen LogP contribution in [0.3, 0.4) is 0 Å². The van der Waals surface area contributed by atoms with Crippen molar-refractivity contribution in [2.24, 2.45) is 17.3 Å². The Labute approximate surface area is 135 Å². The molecule has 22 heavy (non-hydrogen) atoms. The molecule has 0 aromatic heterocycles. The van der Waals surface area contributed by atoms with Gasteiger partial charge in [-0.3, -0.25) is 4.79 Å². The summed E-state index contributed by atoms with van der Waals surface area (Å²) in [4.78, 5) is 14.6. The Bertz CT molecular complexity index is 370. The summed E-state index contributed by atoms with van der Waals surface area (Å²) in [5, 5.41) is 13.7. The summed E-state index contributed by atoms with van der Waals surface area (Å²) in [5.74, 6) is 1.19. The molecule has 3 unspecified atom stereocenters. The van der Waals surface area contributed by atoms with Gasteiger partial charge in [0, 0.05) is 30.5 Å².